The van der Waals surface area contributed by atoms with Crippen molar-refractivity contribution < 1.29 is 19.0 Å². The Labute approximate surface area is 247 Å². The van der Waals surface area contributed by atoms with Crippen molar-refractivity contribution in [2.75, 3.05) is 44.7 Å². The average Bonchev–Trinajstić information content (AvgIpc) is 3.58. The second-order valence-electron chi connectivity index (χ2n) is 11.6. The summed E-state index contributed by atoms with van der Waals surface area (Å²) in [5, 5.41) is 19.9. The minimum Gasteiger partial charge on any atom is -0.508 e. The number of aryl methyl sites for hydroxylation is 1. The number of phenolic OH excluding ortho intramolecular Hbond substituents is 1. The molecular formula is C31H40FN7O3. The number of likely N-dealkylation sites (N-methyl/N-ethyl adjacent to an activating group) is 1. The Kier molecular flexibility index (Phi) is 8.94. The number of anilines is 1. The molecule has 4 heterocycles. The Balaban J connectivity index is 1.43. The van der Waals surface area contributed by atoms with Crippen molar-refractivity contribution in [1.82, 2.24) is 24.7 Å². The maximum Gasteiger partial charge on any atom is 0.318 e. The van der Waals surface area contributed by atoms with Crippen molar-refractivity contribution in [1.29, 1.82) is 5.26 Å². The second-order valence-corrected chi connectivity index (χ2v) is 11.6. The predicted octanol–water partition coefficient (Wildman–Crippen LogP) is 3.46. The molecule has 0 bridgehead atoms. The molecule has 11 heteroatoms. The van der Waals surface area contributed by atoms with Crippen LogP contribution in [0, 0.1) is 18.3 Å². The Bertz CT molecular complexity index is 1390. The molecule has 0 saturated carbocycles. The van der Waals surface area contributed by atoms with Crippen LogP contribution < -0.4 is 9.64 Å². The number of likely N-dealkylation sites (tertiary alicyclic amines) is 1. The standard InChI is InChI=1S/C31H40FN7O3/c1-5-22-8-9-28(40)20(2)25(22)16-37-17-26-27(18-37)34-31(42-19-24-7-6-12-36(24)4)35-29(26)38-13-14-39(30(41)21(3)32)23(15-38)10-11-33/h8-9,23-24,40H,3,5-7,10,12-19H2,1-2,4H3/t23-,24-/m0/s1. The number of nitriles is 1. The number of aromatic hydroxyl groups is 1. The molecule has 2 saturated heterocycles. The molecule has 0 spiro atoms. The van der Waals surface area contributed by atoms with Gasteiger partial charge in [-0.15, -0.1) is 0 Å². The number of benzene rings is 1. The van der Waals surface area contributed by atoms with Gasteiger partial charge in [0.1, 0.15) is 18.2 Å². The Morgan fingerprint density at radius 1 is 1.24 bits per heavy atom. The number of hydrogen-bond donors (Lipinski definition) is 1. The van der Waals surface area contributed by atoms with E-state index in [2.05, 4.69) is 41.3 Å². The van der Waals surface area contributed by atoms with Crippen LogP contribution in [0.3, 0.4) is 0 Å². The van der Waals surface area contributed by atoms with Gasteiger partial charge in [0.05, 0.1) is 24.2 Å². The van der Waals surface area contributed by atoms with Gasteiger partial charge < -0.3 is 24.5 Å². The third kappa shape index (κ3) is 6.05. The van der Waals surface area contributed by atoms with Crippen molar-refractivity contribution in [3.63, 3.8) is 0 Å². The first-order valence-electron chi connectivity index (χ1n) is 14.7. The molecule has 1 aromatic heterocycles. The van der Waals surface area contributed by atoms with Crippen LogP contribution in [-0.4, -0.2) is 87.6 Å². The van der Waals surface area contributed by atoms with Gasteiger partial charge in [0, 0.05) is 50.9 Å². The lowest BCUT2D eigenvalue weighted by Gasteiger charge is -2.41. The summed E-state index contributed by atoms with van der Waals surface area (Å²) in [5.41, 5.74) is 5.08. The first kappa shape index (κ1) is 29.7. The van der Waals surface area contributed by atoms with Gasteiger partial charge in [-0.1, -0.05) is 19.6 Å². The number of ether oxygens (including phenoxy) is 1. The van der Waals surface area contributed by atoms with Gasteiger partial charge in [0.15, 0.2) is 5.83 Å². The van der Waals surface area contributed by atoms with Crippen molar-refractivity contribution >= 4 is 11.7 Å². The highest BCUT2D eigenvalue weighted by Crippen LogP contribution is 2.35. The summed E-state index contributed by atoms with van der Waals surface area (Å²) in [6, 6.07) is 6.02. The van der Waals surface area contributed by atoms with E-state index in [-0.39, 0.29) is 13.0 Å². The zero-order chi connectivity index (χ0) is 30.0. The normalized spacial score (nSPS) is 20.9. The zero-order valence-electron chi connectivity index (χ0n) is 24.8. The molecule has 0 unspecified atom stereocenters. The highest BCUT2D eigenvalue weighted by atomic mass is 19.1. The first-order valence-corrected chi connectivity index (χ1v) is 14.7. The largest absolute Gasteiger partial charge is 0.508 e. The molecule has 2 fully saturated rings. The van der Waals surface area contributed by atoms with Crippen LogP contribution in [0.2, 0.25) is 0 Å². The molecular weight excluding hydrogens is 537 g/mol. The maximum absolute atomic E-state index is 13.8. The van der Waals surface area contributed by atoms with Crippen molar-refractivity contribution in [3.8, 4) is 17.8 Å². The lowest BCUT2D eigenvalue weighted by Crippen LogP contribution is -2.55. The fraction of sp³-hybridized carbons (Fsp3) is 0.548. The second kappa shape index (κ2) is 12.6. The summed E-state index contributed by atoms with van der Waals surface area (Å²) in [6.07, 6.45) is 3.14. The van der Waals surface area contributed by atoms with Crippen molar-refractivity contribution in [2.24, 2.45) is 0 Å². The monoisotopic (exact) mass is 577 g/mol. The van der Waals surface area contributed by atoms with Crippen LogP contribution in [0.25, 0.3) is 0 Å². The van der Waals surface area contributed by atoms with Gasteiger partial charge >= 0.3 is 6.01 Å². The number of amides is 1. The van der Waals surface area contributed by atoms with Gasteiger partial charge in [-0.05, 0) is 62.5 Å². The SMILES string of the molecule is C=C(F)C(=O)N1CCN(c2nc(OC[C@@H]3CCCN3C)nc3c2CN(Cc2c(CC)ccc(O)c2C)C3)C[C@@H]1CC#N. The summed E-state index contributed by atoms with van der Waals surface area (Å²) in [6.45, 7) is 11.7. The quantitative estimate of drug-likeness (QED) is 0.448. The lowest BCUT2D eigenvalue weighted by molar-refractivity contribution is -0.131. The molecule has 10 nitrogen and oxygen atoms in total. The minimum atomic E-state index is -1.02. The third-order valence-electron chi connectivity index (χ3n) is 8.91. The van der Waals surface area contributed by atoms with E-state index in [0.717, 1.165) is 54.0 Å². The van der Waals surface area contributed by atoms with E-state index < -0.39 is 17.8 Å². The zero-order valence-corrected chi connectivity index (χ0v) is 24.8. The summed E-state index contributed by atoms with van der Waals surface area (Å²) in [5.74, 6) is -0.772. The molecule has 3 aliphatic rings. The van der Waals surface area contributed by atoms with Crippen LogP contribution >= 0.6 is 0 Å². The highest BCUT2D eigenvalue weighted by molar-refractivity contribution is 5.91. The number of fused-ring (bicyclic) bond motifs is 1. The van der Waals surface area contributed by atoms with E-state index in [4.69, 9.17) is 14.7 Å². The number of rotatable bonds is 9. The Morgan fingerprint density at radius 3 is 2.74 bits per heavy atom. The van der Waals surface area contributed by atoms with E-state index in [9.17, 15) is 19.6 Å². The van der Waals surface area contributed by atoms with E-state index in [1.807, 2.05) is 13.0 Å². The van der Waals surface area contributed by atoms with Crippen LogP contribution in [-0.2, 0) is 30.8 Å². The van der Waals surface area contributed by atoms with Gasteiger partial charge in [-0.25, -0.2) is 4.39 Å². The molecule has 42 heavy (non-hydrogen) atoms. The summed E-state index contributed by atoms with van der Waals surface area (Å²) in [4.78, 5) is 30.3. The molecule has 2 aromatic rings. The minimum absolute atomic E-state index is 0.0723. The topological polar surface area (TPSA) is 109 Å². The predicted molar refractivity (Wildman–Crippen MR) is 157 cm³/mol. The molecule has 1 aromatic carbocycles. The number of phenols is 1. The van der Waals surface area contributed by atoms with Crippen molar-refractivity contribution in [2.45, 2.75) is 71.2 Å². The van der Waals surface area contributed by atoms with E-state index in [1.165, 1.54) is 10.5 Å². The Hall–Kier alpha value is -3.75. The summed E-state index contributed by atoms with van der Waals surface area (Å²) < 4.78 is 20.0. The molecule has 1 amide bonds. The van der Waals surface area contributed by atoms with Crippen LogP contribution in [0.5, 0.6) is 11.8 Å². The molecule has 3 aliphatic heterocycles. The first-order chi connectivity index (χ1) is 20.2. The number of halogens is 1. The summed E-state index contributed by atoms with van der Waals surface area (Å²) in [7, 11) is 2.10. The molecule has 5 rings (SSSR count). The number of hydrogen-bond acceptors (Lipinski definition) is 9. The Morgan fingerprint density at radius 2 is 2.05 bits per heavy atom. The highest BCUT2D eigenvalue weighted by Gasteiger charge is 2.36. The van der Waals surface area contributed by atoms with E-state index in [1.54, 1.807) is 6.07 Å². The number of carbonyl (C=O) groups is 1. The molecule has 2 atom stereocenters. The summed E-state index contributed by atoms with van der Waals surface area (Å²) >= 11 is 0. The molecule has 1 N–H and O–H groups in total. The molecule has 0 radical (unpaired) electrons. The van der Waals surface area contributed by atoms with Gasteiger partial charge in [0.2, 0.25) is 0 Å². The van der Waals surface area contributed by atoms with Gasteiger partial charge in [-0.2, -0.15) is 15.2 Å². The van der Waals surface area contributed by atoms with Gasteiger partial charge in [-0.3, -0.25) is 9.69 Å². The van der Waals surface area contributed by atoms with Crippen LogP contribution in [0.4, 0.5) is 10.2 Å². The van der Waals surface area contributed by atoms with E-state index in [0.29, 0.717) is 57.1 Å². The molecule has 224 valence electrons. The lowest BCUT2D eigenvalue weighted by atomic mass is 9.98. The maximum atomic E-state index is 13.8. The third-order valence-corrected chi connectivity index (χ3v) is 8.91. The molecule has 0 aliphatic carbocycles. The number of nitrogens with zero attached hydrogens (tertiary/aromatic N) is 7. The van der Waals surface area contributed by atoms with Crippen LogP contribution in [0.1, 0.15) is 54.1 Å². The van der Waals surface area contributed by atoms with Crippen LogP contribution in [0.15, 0.2) is 24.5 Å². The fourth-order valence-electron chi connectivity index (χ4n) is 6.40. The smallest absolute Gasteiger partial charge is 0.318 e. The number of aromatic nitrogens is 2. The average molecular weight is 578 g/mol. The van der Waals surface area contributed by atoms with E-state index >= 15 is 0 Å². The van der Waals surface area contributed by atoms with Gasteiger partial charge in [0.25, 0.3) is 5.91 Å². The van der Waals surface area contributed by atoms with Crippen molar-refractivity contribution in [3.05, 3.63) is 52.5 Å². The number of piperazine rings is 1. The fourth-order valence-corrected chi connectivity index (χ4v) is 6.40. The number of carbonyl (C=O) groups excluding carboxylic acids is 1.